The third-order valence-electron chi connectivity index (χ3n) is 3.85. The number of hydrogen-bond acceptors (Lipinski definition) is 2. The number of ether oxygens (including phenoxy) is 1. The van der Waals surface area contributed by atoms with Crippen molar-refractivity contribution in [2.24, 2.45) is 0 Å². The van der Waals surface area contributed by atoms with Crippen molar-refractivity contribution in [1.82, 2.24) is 4.90 Å². The van der Waals surface area contributed by atoms with Gasteiger partial charge in [0.25, 0.3) is 0 Å². The number of carbonyl (C=O) groups is 1. The Morgan fingerprint density at radius 1 is 1.30 bits per heavy atom. The van der Waals surface area contributed by atoms with Gasteiger partial charge in [0, 0.05) is 0 Å². The minimum Gasteiger partial charge on any atom is -0.465 e. The van der Waals surface area contributed by atoms with E-state index in [-0.39, 0.29) is 11.5 Å². The van der Waals surface area contributed by atoms with Crippen LogP contribution in [0, 0.1) is 0 Å². The minimum absolute atomic E-state index is 0.0937. The van der Waals surface area contributed by atoms with Crippen LogP contribution in [-0.2, 0) is 10.2 Å². The Hall–Kier alpha value is -1.55. The molecule has 1 aromatic carbocycles. The summed E-state index contributed by atoms with van der Waals surface area (Å²) in [5.41, 5.74) is 1.53. The van der Waals surface area contributed by atoms with Crippen molar-refractivity contribution >= 4 is 6.09 Å². The summed E-state index contributed by atoms with van der Waals surface area (Å²) in [6.07, 6.45) is -0.947. The lowest BCUT2D eigenvalue weighted by atomic mass is 9.86. The number of amides is 1. The Morgan fingerprint density at radius 2 is 1.85 bits per heavy atom. The maximum atomic E-state index is 11.5. The molecule has 1 atom stereocenters. The second kappa shape index (κ2) is 4.77. The number of nitrogens with zero attached hydrogens (tertiary/aromatic N) is 1. The van der Waals surface area contributed by atoms with Gasteiger partial charge < -0.3 is 9.84 Å². The molecule has 1 N–H and O–H groups in total. The van der Waals surface area contributed by atoms with Gasteiger partial charge >= 0.3 is 6.09 Å². The monoisotopic (exact) mass is 277 g/mol. The fourth-order valence-electron chi connectivity index (χ4n) is 2.62. The van der Waals surface area contributed by atoms with Gasteiger partial charge in [0.05, 0.1) is 12.6 Å². The van der Waals surface area contributed by atoms with Crippen LogP contribution in [0.15, 0.2) is 24.3 Å². The van der Waals surface area contributed by atoms with E-state index in [2.05, 4.69) is 32.9 Å². The van der Waals surface area contributed by atoms with Crippen LogP contribution in [0.5, 0.6) is 0 Å². The molecule has 1 fully saturated rings. The molecule has 0 aliphatic carbocycles. The first-order chi connectivity index (χ1) is 9.13. The van der Waals surface area contributed by atoms with Crippen molar-refractivity contribution in [3.8, 4) is 0 Å². The zero-order valence-corrected chi connectivity index (χ0v) is 12.8. The van der Waals surface area contributed by atoms with Gasteiger partial charge in [-0.05, 0) is 30.4 Å². The summed E-state index contributed by atoms with van der Waals surface area (Å²) in [7, 11) is 0. The number of rotatable bonds is 1. The molecular formula is C16H23NO3. The highest BCUT2D eigenvalue weighted by Gasteiger charge is 2.44. The Bertz CT molecular complexity index is 499. The molecule has 1 aliphatic rings. The van der Waals surface area contributed by atoms with Crippen LogP contribution in [0.3, 0.4) is 0 Å². The molecule has 1 aromatic rings. The van der Waals surface area contributed by atoms with Crippen LogP contribution in [0.2, 0.25) is 0 Å². The van der Waals surface area contributed by atoms with Gasteiger partial charge in [-0.15, -0.1) is 0 Å². The molecule has 1 heterocycles. The van der Waals surface area contributed by atoms with Gasteiger partial charge in [0.15, 0.2) is 0 Å². The highest BCUT2D eigenvalue weighted by molar-refractivity contribution is 5.67. The molecule has 20 heavy (non-hydrogen) atoms. The predicted molar refractivity (Wildman–Crippen MR) is 77.8 cm³/mol. The van der Waals surface area contributed by atoms with Gasteiger partial charge in [-0.25, -0.2) is 4.79 Å². The maximum Gasteiger partial charge on any atom is 0.410 e. The quantitative estimate of drug-likeness (QED) is 0.850. The van der Waals surface area contributed by atoms with E-state index in [4.69, 9.17) is 4.74 Å². The second-order valence-electron chi connectivity index (χ2n) is 6.80. The van der Waals surface area contributed by atoms with E-state index in [1.807, 2.05) is 12.1 Å². The van der Waals surface area contributed by atoms with E-state index >= 15 is 0 Å². The summed E-state index contributed by atoms with van der Waals surface area (Å²) >= 11 is 0. The van der Waals surface area contributed by atoms with E-state index < -0.39 is 11.8 Å². The molecule has 0 unspecified atom stereocenters. The summed E-state index contributed by atoms with van der Waals surface area (Å²) in [6.45, 7) is 10.4. The van der Waals surface area contributed by atoms with Crippen molar-refractivity contribution in [3.05, 3.63) is 35.4 Å². The van der Waals surface area contributed by atoms with Gasteiger partial charge in [0.2, 0.25) is 0 Å². The molecule has 1 saturated heterocycles. The first-order valence-electron chi connectivity index (χ1n) is 6.89. The number of hydrogen-bond donors (Lipinski definition) is 1. The molecule has 0 radical (unpaired) electrons. The summed E-state index contributed by atoms with van der Waals surface area (Å²) in [5.74, 6) is 0. The van der Waals surface area contributed by atoms with Crippen LogP contribution in [0.25, 0.3) is 0 Å². The Kier molecular flexibility index (Phi) is 3.54. The number of benzene rings is 1. The fourth-order valence-corrected chi connectivity index (χ4v) is 2.62. The zero-order valence-electron chi connectivity index (χ0n) is 12.8. The first-order valence-corrected chi connectivity index (χ1v) is 6.89. The van der Waals surface area contributed by atoms with Crippen molar-refractivity contribution in [3.63, 3.8) is 0 Å². The lowest BCUT2D eigenvalue weighted by Gasteiger charge is -2.31. The second-order valence-corrected chi connectivity index (χ2v) is 6.80. The Morgan fingerprint density at radius 3 is 2.30 bits per heavy atom. The van der Waals surface area contributed by atoms with E-state index in [1.165, 1.54) is 10.5 Å². The molecule has 110 valence electrons. The molecular weight excluding hydrogens is 254 g/mol. The highest BCUT2D eigenvalue weighted by Crippen LogP contribution is 2.37. The predicted octanol–water partition coefficient (Wildman–Crippen LogP) is 3.77. The van der Waals surface area contributed by atoms with Crippen molar-refractivity contribution in [2.75, 3.05) is 6.61 Å². The van der Waals surface area contributed by atoms with E-state index in [0.29, 0.717) is 6.61 Å². The topological polar surface area (TPSA) is 49.8 Å². The average molecular weight is 277 g/mol. The largest absolute Gasteiger partial charge is 0.465 e. The summed E-state index contributed by atoms with van der Waals surface area (Å²) in [5, 5.41) is 9.41. The van der Waals surface area contributed by atoms with Gasteiger partial charge in [-0.1, -0.05) is 45.0 Å². The minimum atomic E-state index is -0.947. The molecule has 4 heteroatoms. The summed E-state index contributed by atoms with van der Waals surface area (Å²) < 4.78 is 5.62. The van der Waals surface area contributed by atoms with E-state index in [0.717, 1.165) is 5.56 Å². The van der Waals surface area contributed by atoms with E-state index in [9.17, 15) is 9.90 Å². The highest BCUT2D eigenvalue weighted by atomic mass is 16.5. The average Bonchev–Trinajstić information content (AvgIpc) is 2.64. The Balaban J connectivity index is 2.30. The zero-order chi connectivity index (χ0) is 15.1. The summed E-state index contributed by atoms with van der Waals surface area (Å²) in [4.78, 5) is 12.9. The van der Waals surface area contributed by atoms with Crippen molar-refractivity contribution in [2.45, 2.75) is 51.8 Å². The molecule has 0 spiro atoms. The standard InChI is InChI=1S/C16H23NO3/c1-15(2,3)12-8-6-11(7-9-12)13-10-20-16(4,5)17(13)14(18)19/h6-9,13H,10H2,1-5H3,(H,18,19)/t13-/m0/s1. The molecule has 1 aliphatic heterocycles. The van der Waals surface area contributed by atoms with E-state index in [1.54, 1.807) is 13.8 Å². The first kappa shape index (κ1) is 14.9. The Labute approximate surface area is 120 Å². The lowest BCUT2D eigenvalue weighted by Crippen LogP contribution is -2.44. The molecule has 0 aromatic heterocycles. The third kappa shape index (κ3) is 2.66. The SMILES string of the molecule is CC(C)(C)c1ccc([C@@H]2COC(C)(C)N2C(=O)O)cc1. The molecule has 2 rings (SSSR count). The normalized spacial score (nSPS) is 22.1. The maximum absolute atomic E-state index is 11.5. The fraction of sp³-hybridized carbons (Fsp3) is 0.562. The van der Waals surface area contributed by atoms with Crippen LogP contribution in [0.1, 0.15) is 51.8 Å². The molecule has 4 nitrogen and oxygen atoms in total. The van der Waals surface area contributed by atoms with Crippen LogP contribution in [0.4, 0.5) is 4.79 Å². The lowest BCUT2D eigenvalue weighted by molar-refractivity contribution is -0.0420. The number of carboxylic acid groups (broad SMARTS) is 1. The smallest absolute Gasteiger partial charge is 0.410 e. The third-order valence-corrected chi connectivity index (χ3v) is 3.85. The molecule has 0 bridgehead atoms. The van der Waals surface area contributed by atoms with Gasteiger partial charge in [-0.3, -0.25) is 4.90 Å². The van der Waals surface area contributed by atoms with Gasteiger partial charge in [0.1, 0.15) is 5.72 Å². The van der Waals surface area contributed by atoms with Crippen LogP contribution < -0.4 is 0 Å². The van der Waals surface area contributed by atoms with Crippen molar-refractivity contribution < 1.29 is 14.6 Å². The van der Waals surface area contributed by atoms with Crippen LogP contribution >= 0.6 is 0 Å². The molecule has 1 amide bonds. The molecule has 0 saturated carbocycles. The van der Waals surface area contributed by atoms with Crippen molar-refractivity contribution in [1.29, 1.82) is 0 Å². The van der Waals surface area contributed by atoms with Gasteiger partial charge in [-0.2, -0.15) is 0 Å². The van der Waals surface area contributed by atoms with Crippen LogP contribution in [-0.4, -0.2) is 28.4 Å². The summed E-state index contributed by atoms with van der Waals surface area (Å²) in [6, 6.07) is 7.91.